The Morgan fingerprint density at radius 3 is 2.94 bits per heavy atom. The van der Waals surface area contributed by atoms with Crippen LogP contribution in [0.2, 0.25) is 0 Å². The molecule has 3 N–H and O–H groups in total. The minimum absolute atomic E-state index is 0.0484. The highest BCUT2D eigenvalue weighted by Crippen LogP contribution is 2.42. The van der Waals surface area contributed by atoms with E-state index in [0.29, 0.717) is 6.42 Å². The van der Waals surface area contributed by atoms with Gasteiger partial charge in [0.15, 0.2) is 0 Å². The molecule has 0 amide bonds. The first-order valence-electron chi connectivity index (χ1n) is 5.61. The monoisotopic (exact) mass is 235 g/mol. The Kier molecular flexibility index (Phi) is 2.79. The molecule has 1 aliphatic rings. The Bertz CT molecular complexity index is 521. The van der Waals surface area contributed by atoms with Gasteiger partial charge in [0.2, 0.25) is 0 Å². The average molecular weight is 235 g/mol. The number of aliphatic hydroxyl groups excluding tert-OH is 1. The lowest BCUT2D eigenvalue weighted by Gasteiger charge is -2.24. The number of allylic oxidation sites excluding steroid dienone is 1. The largest absolute Gasteiger partial charge is 0.395 e. The number of aromatic nitrogens is 2. The fourth-order valence-corrected chi connectivity index (χ4v) is 2.22. The predicted molar refractivity (Wildman–Crippen MR) is 65.5 cm³/mol. The standard InChI is InChI=1S/C12H17N3O2/c1-8-5-9(6-12(8,2)7-16)15-4-3-10(13)14-11(15)17/h3-5,9,16H,6-7H2,1-2H3,(H2,13,14,17)/t9-,12+/m0/s1. The van der Waals surface area contributed by atoms with Crippen molar-refractivity contribution in [1.29, 1.82) is 0 Å². The van der Waals surface area contributed by atoms with E-state index < -0.39 is 0 Å². The van der Waals surface area contributed by atoms with Crippen LogP contribution in [0.5, 0.6) is 0 Å². The molecule has 1 aliphatic carbocycles. The van der Waals surface area contributed by atoms with Crippen molar-refractivity contribution < 1.29 is 5.11 Å². The topological polar surface area (TPSA) is 81.1 Å². The van der Waals surface area contributed by atoms with Gasteiger partial charge in [-0.3, -0.25) is 4.57 Å². The van der Waals surface area contributed by atoms with Crippen molar-refractivity contribution in [2.75, 3.05) is 12.3 Å². The van der Waals surface area contributed by atoms with E-state index in [-0.39, 0.29) is 29.6 Å². The quantitative estimate of drug-likeness (QED) is 0.740. The Labute approximate surface area is 99.6 Å². The third kappa shape index (κ3) is 1.98. The lowest BCUT2D eigenvalue weighted by molar-refractivity contribution is 0.165. The smallest absolute Gasteiger partial charge is 0.350 e. The van der Waals surface area contributed by atoms with Crippen LogP contribution in [-0.2, 0) is 0 Å². The third-order valence-electron chi connectivity index (χ3n) is 3.61. The number of aliphatic hydroxyl groups is 1. The van der Waals surface area contributed by atoms with E-state index in [9.17, 15) is 9.90 Å². The van der Waals surface area contributed by atoms with Crippen molar-refractivity contribution in [3.63, 3.8) is 0 Å². The van der Waals surface area contributed by atoms with Gasteiger partial charge in [-0.2, -0.15) is 4.98 Å². The Morgan fingerprint density at radius 2 is 2.41 bits per heavy atom. The Hall–Kier alpha value is -1.62. The fourth-order valence-electron chi connectivity index (χ4n) is 2.22. The summed E-state index contributed by atoms with van der Waals surface area (Å²) < 4.78 is 1.56. The van der Waals surface area contributed by atoms with Gasteiger partial charge in [0, 0.05) is 11.6 Å². The lowest BCUT2D eigenvalue weighted by Crippen LogP contribution is -2.28. The van der Waals surface area contributed by atoms with E-state index in [0.717, 1.165) is 5.57 Å². The molecule has 2 rings (SSSR count). The van der Waals surface area contributed by atoms with Crippen LogP contribution in [0.3, 0.4) is 0 Å². The minimum Gasteiger partial charge on any atom is -0.395 e. The first-order chi connectivity index (χ1) is 7.96. The van der Waals surface area contributed by atoms with Gasteiger partial charge < -0.3 is 10.8 Å². The number of anilines is 1. The summed E-state index contributed by atoms with van der Waals surface area (Å²) in [7, 11) is 0. The molecular weight excluding hydrogens is 218 g/mol. The highest BCUT2D eigenvalue weighted by molar-refractivity contribution is 5.26. The number of hydrogen-bond donors (Lipinski definition) is 2. The van der Waals surface area contributed by atoms with Crippen molar-refractivity contribution in [2.24, 2.45) is 5.41 Å². The van der Waals surface area contributed by atoms with Gasteiger partial charge in [0.1, 0.15) is 5.82 Å². The number of nitrogen functional groups attached to an aromatic ring is 1. The van der Waals surface area contributed by atoms with Gasteiger partial charge in [-0.1, -0.05) is 18.6 Å². The molecule has 0 bridgehead atoms. The predicted octanol–water partition coefficient (Wildman–Crippen LogP) is 0.715. The molecule has 1 heterocycles. The van der Waals surface area contributed by atoms with Gasteiger partial charge >= 0.3 is 5.69 Å². The van der Waals surface area contributed by atoms with E-state index in [2.05, 4.69) is 4.98 Å². The summed E-state index contributed by atoms with van der Waals surface area (Å²) in [6, 6.07) is 1.56. The average Bonchev–Trinajstić information content (AvgIpc) is 2.56. The molecule has 0 aromatic carbocycles. The van der Waals surface area contributed by atoms with Gasteiger partial charge in [0.05, 0.1) is 12.6 Å². The summed E-state index contributed by atoms with van der Waals surface area (Å²) in [6.07, 6.45) is 4.37. The summed E-state index contributed by atoms with van der Waals surface area (Å²) >= 11 is 0. The second-order valence-corrected chi connectivity index (χ2v) is 4.88. The van der Waals surface area contributed by atoms with Gasteiger partial charge in [-0.25, -0.2) is 4.79 Å². The van der Waals surface area contributed by atoms with Crippen LogP contribution >= 0.6 is 0 Å². The van der Waals surface area contributed by atoms with Crippen molar-refractivity contribution in [3.05, 3.63) is 34.4 Å². The first kappa shape index (κ1) is 11.9. The van der Waals surface area contributed by atoms with Gasteiger partial charge in [-0.05, 0) is 19.4 Å². The molecule has 0 saturated carbocycles. The molecule has 2 atom stereocenters. The van der Waals surface area contributed by atoms with Gasteiger partial charge in [-0.15, -0.1) is 0 Å². The normalized spacial score (nSPS) is 28.2. The maximum Gasteiger partial charge on any atom is 0.350 e. The summed E-state index contributed by atoms with van der Waals surface area (Å²) in [5.41, 5.74) is 5.97. The van der Waals surface area contributed by atoms with Crippen LogP contribution in [0.15, 0.2) is 28.7 Å². The van der Waals surface area contributed by atoms with Crippen LogP contribution in [0, 0.1) is 5.41 Å². The molecule has 0 unspecified atom stereocenters. The number of nitrogens with zero attached hydrogens (tertiary/aromatic N) is 2. The van der Waals surface area contributed by atoms with E-state index >= 15 is 0 Å². The molecule has 0 aliphatic heterocycles. The zero-order valence-electron chi connectivity index (χ0n) is 10.1. The first-order valence-corrected chi connectivity index (χ1v) is 5.61. The van der Waals surface area contributed by atoms with Crippen LogP contribution in [0.25, 0.3) is 0 Å². The van der Waals surface area contributed by atoms with E-state index in [1.54, 1.807) is 16.8 Å². The molecule has 1 aromatic rings. The zero-order chi connectivity index (χ0) is 12.6. The minimum atomic E-state index is -0.346. The summed E-state index contributed by atoms with van der Waals surface area (Å²) in [5, 5.41) is 9.41. The molecule has 17 heavy (non-hydrogen) atoms. The SMILES string of the molecule is CC1=C[C@H](n2ccc(N)nc2=O)C[C@]1(C)CO. The van der Waals surface area contributed by atoms with Crippen molar-refractivity contribution >= 4 is 5.82 Å². The maximum atomic E-state index is 11.7. The summed E-state index contributed by atoms with van der Waals surface area (Å²) in [5.74, 6) is 0.231. The van der Waals surface area contributed by atoms with Crippen molar-refractivity contribution in [1.82, 2.24) is 9.55 Å². The molecule has 5 nitrogen and oxygen atoms in total. The number of rotatable bonds is 2. The Morgan fingerprint density at radius 1 is 1.71 bits per heavy atom. The van der Waals surface area contributed by atoms with Crippen LogP contribution in [0.4, 0.5) is 5.82 Å². The molecule has 0 radical (unpaired) electrons. The second kappa shape index (κ2) is 4.00. The summed E-state index contributed by atoms with van der Waals surface area (Å²) in [4.78, 5) is 15.4. The lowest BCUT2D eigenvalue weighted by atomic mass is 9.85. The number of nitrogens with two attached hydrogens (primary N) is 1. The maximum absolute atomic E-state index is 11.7. The van der Waals surface area contributed by atoms with Crippen molar-refractivity contribution in [3.8, 4) is 0 Å². The molecule has 0 spiro atoms. The number of hydrogen-bond acceptors (Lipinski definition) is 4. The van der Waals surface area contributed by atoms with Crippen LogP contribution in [0.1, 0.15) is 26.3 Å². The van der Waals surface area contributed by atoms with E-state index in [1.165, 1.54) is 0 Å². The molecule has 1 aromatic heterocycles. The zero-order valence-corrected chi connectivity index (χ0v) is 10.1. The van der Waals surface area contributed by atoms with E-state index in [1.807, 2.05) is 19.9 Å². The molecule has 0 saturated heterocycles. The van der Waals surface area contributed by atoms with Gasteiger partial charge in [0.25, 0.3) is 0 Å². The van der Waals surface area contributed by atoms with E-state index in [4.69, 9.17) is 5.73 Å². The molecule has 92 valence electrons. The molecular formula is C12H17N3O2. The second-order valence-electron chi connectivity index (χ2n) is 4.88. The van der Waals surface area contributed by atoms with Crippen LogP contribution in [-0.4, -0.2) is 21.3 Å². The van der Waals surface area contributed by atoms with Crippen molar-refractivity contribution in [2.45, 2.75) is 26.3 Å². The summed E-state index contributed by atoms with van der Waals surface area (Å²) in [6.45, 7) is 4.06. The fraction of sp³-hybridized carbons (Fsp3) is 0.500. The Balaban J connectivity index is 2.36. The third-order valence-corrected chi connectivity index (χ3v) is 3.61. The molecule has 5 heteroatoms. The van der Waals surface area contributed by atoms with Crippen LogP contribution < -0.4 is 11.4 Å². The molecule has 0 fully saturated rings. The highest BCUT2D eigenvalue weighted by atomic mass is 16.3. The highest BCUT2D eigenvalue weighted by Gasteiger charge is 2.35.